The number of nitrogens with zero attached hydrogens (tertiary/aromatic N) is 1. The van der Waals surface area contributed by atoms with Crippen molar-refractivity contribution in [3.63, 3.8) is 0 Å². The average molecular weight is 302 g/mol. The predicted octanol–water partition coefficient (Wildman–Crippen LogP) is 2.41. The zero-order valence-corrected chi connectivity index (χ0v) is 13.2. The number of hydrogen-bond acceptors (Lipinski definition) is 4. The summed E-state index contributed by atoms with van der Waals surface area (Å²) >= 11 is 5.91. The summed E-state index contributed by atoms with van der Waals surface area (Å²) in [5, 5.41) is -0.119. The van der Waals surface area contributed by atoms with Crippen LogP contribution >= 0.6 is 11.6 Å². The van der Waals surface area contributed by atoms with Gasteiger partial charge in [0.1, 0.15) is 0 Å². The Morgan fingerprint density at radius 2 is 1.70 bits per heavy atom. The zero-order chi connectivity index (χ0) is 15.3. The Bertz CT molecular complexity index is 451. The van der Waals surface area contributed by atoms with Crippen molar-refractivity contribution < 1.29 is 19.0 Å². The summed E-state index contributed by atoms with van der Waals surface area (Å²) in [4.78, 5) is 13.9. The second kappa shape index (κ2) is 7.24. The maximum atomic E-state index is 12.3. The molecule has 0 saturated carbocycles. The van der Waals surface area contributed by atoms with Crippen LogP contribution in [0.1, 0.15) is 17.3 Å². The van der Waals surface area contributed by atoms with Gasteiger partial charge in [0.15, 0.2) is 11.5 Å². The number of hydrogen-bond donors (Lipinski definition) is 0. The van der Waals surface area contributed by atoms with Crippen molar-refractivity contribution in [3.8, 4) is 17.2 Å². The van der Waals surface area contributed by atoms with Crippen LogP contribution < -0.4 is 14.2 Å². The molecule has 112 valence electrons. The van der Waals surface area contributed by atoms with E-state index in [1.165, 1.54) is 21.3 Å². The van der Waals surface area contributed by atoms with E-state index in [1.54, 1.807) is 24.1 Å². The molecule has 0 bridgehead atoms. The minimum absolute atomic E-state index is 0.119. The lowest BCUT2D eigenvalue weighted by Gasteiger charge is -2.20. The highest BCUT2D eigenvalue weighted by atomic mass is 35.5. The van der Waals surface area contributed by atoms with Crippen molar-refractivity contribution in [2.75, 3.05) is 34.9 Å². The number of carbonyl (C=O) groups is 1. The normalized spacial score (nSPS) is 11.7. The molecule has 20 heavy (non-hydrogen) atoms. The van der Waals surface area contributed by atoms with Gasteiger partial charge in [-0.05, 0) is 19.1 Å². The van der Waals surface area contributed by atoms with Crippen LogP contribution in [-0.4, -0.2) is 51.1 Å². The Morgan fingerprint density at radius 1 is 1.20 bits per heavy atom. The number of halogens is 1. The van der Waals surface area contributed by atoms with Crippen LogP contribution in [0.5, 0.6) is 17.2 Å². The summed E-state index contributed by atoms with van der Waals surface area (Å²) in [7, 11) is 6.24. The van der Waals surface area contributed by atoms with Crippen LogP contribution in [-0.2, 0) is 0 Å². The van der Waals surface area contributed by atoms with Gasteiger partial charge in [0.2, 0.25) is 5.75 Å². The summed E-state index contributed by atoms with van der Waals surface area (Å²) in [6, 6.07) is 3.25. The Hall–Kier alpha value is -1.62. The van der Waals surface area contributed by atoms with Gasteiger partial charge in [0.25, 0.3) is 5.91 Å². The van der Waals surface area contributed by atoms with Crippen LogP contribution in [0.4, 0.5) is 0 Å². The van der Waals surface area contributed by atoms with Crippen molar-refractivity contribution >= 4 is 17.5 Å². The van der Waals surface area contributed by atoms with Crippen molar-refractivity contribution in [2.24, 2.45) is 0 Å². The van der Waals surface area contributed by atoms with Crippen molar-refractivity contribution in [1.29, 1.82) is 0 Å². The SMILES string of the molecule is COc1cc(C(=O)N(C)CC(C)Cl)cc(OC)c1OC. The van der Waals surface area contributed by atoms with E-state index in [2.05, 4.69) is 0 Å². The van der Waals surface area contributed by atoms with E-state index >= 15 is 0 Å². The maximum Gasteiger partial charge on any atom is 0.253 e. The van der Waals surface area contributed by atoms with Crippen molar-refractivity contribution in [3.05, 3.63) is 17.7 Å². The third-order valence-corrected chi connectivity index (χ3v) is 2.92. The lowest BCUT2D eigenvalue weighted by Crippen LogP contribution is -2.31. The molecule has 1 unspecified atom stereocenters. The molecule has 1 amide bonds. The van der Waals surface area contributed by atoms with E-state index in [1.807, 2.05) is 6.92 Å². The van der Waals surface area contributed by atoms with Crippen molar-refractivity contribution in [2.45, 2.75) is 12.3 Å². The fourth-order valence-electron chi connectivity index (χ4n) is 1.89. The summed E-state index contributed by atoms with van der Waals surface area (Å²) in [6.07, 6.45) is 0. The van der Waals surface area contributed by atoms with Crippen LogP contribution in [0.3, 0.4) is 0 Å². The summed E-state index contributed by atoms with van der Waals surface area (Å²) in [5.74, 6) is 1.20. The average Bonchev–Trinajstić information content (AvgIpc) is 2.43. The molecule has 1 aromatic rings. The fourth-order valence-corrected chi connectivity index (χ4v) is 2.09. The Morgan fingerprint density at radius 3 is 2.05 bits per heavy atom. The third kappa shape index (κ3) is 3.70. The molecule has 0 aliphatic rings. The summed E-state index contributed by atoms with van der Waals surface area (Å²) in [6.45, 7) is 2.29. The number of carbonyl (C=O) groups excluding carboxylic acids is 1. The van der Waals surface area contributed by atoms with Gasteiger partial charge >= 0.3 is 0 Å². The Labute approximate surface area is 124 Å². The number of ether oxygens (including phenoxy) is 3. The first-order chi connectivity index (χ1) is 9.44. The zero-order valence-electron chi connectivity index (χ0n) is 12.4. The molecule has 0 N–H and O–H groups in total. The van der Waals surface area contributed by atoms with E-state index in [0.717, 1.165) is 0 Å². The van der Waals surface area contributed by atoms with Gasteiger partial charge in [-0.25, -0.2) is 0 Å². The second-order valence-corrected chi connectivity index (χ2v) is 5.13. The molecule has 0 saturated heterocycles. The topological polar surface area (TPSA) is 48.0 Å². The molecule has 0 aliphatic carbocycles. The molecule has 0 fully saturated rings. The summed E-state index contributed by atoms with van der Waals surface area (Å²) in [5.41, 5.74) is 0.458. The lowest BCUT2D eigenvalue weighted by molar-refractivity contribution is 0.0795. The van der Waals surface area contributed by atoms with E-state index in [-0.39, 0.29) is 11.3 Å². The monoisotopic (exact) mass is 301 g/mol. The van der Waals surface area contributed by atoms with E-state index < -0.39 is 0 Å². The standard InChI is InChI=1S/C14H20ClNO4/c1-9(15)8-16(2)14(17)10-6-11(18-3)13(20-5)12(7-10)19-4/h6-7,9H,8H2,1-5H3. The molecule has 1 aromatic carbocycles. The van der Waals surface area contributed by atoms with Gasteiger partial charge in [-0.15, -0.1) is 11.6 Å². The van der Waals surface area contributed by atoms with Crippen LogP contribution in [0.15, 0.2) is 12.1 Å². The maximum absolute atomic E-state index is 12.3. The molecule has 0 spiro atoms. The van der Waals surface area contributed by atoms with Gasteiger partial charge < -0.3 is 19.1 Å². The first kappa shape index (κ1) is 16.4. The third-order valence-electron chi connectivity index (χ3n) is 2.78. The minimum atomic E-state index is -0.156. The quantitative estimate of drug-likeness (QED) is 0.757. The lowest BCUT2D eigenvalue weighted by atomic mass is 10.1. The van der Waals surface area contributed by atoms with Gasteiger partial charge in [0.05, 0.1) is 21.3 Å². The highest BCUT2D eigenvalue weighted by Crippen LogP contribution is 2.38. The van der Waals surface area contributed by atoms with Crippen molar-refractivity contribution in [1.82, 2.24) is 4.90 Å². The highest BCUT2D eigenvalue weighted by molar-refractivity contribution is 6.20. The van der Waals surface area contributed by atoms with Crippen LogP contribution in [0.25, 0.3) is 0 Å². The molecule has 5 nitrogen and oxygen atoms in total. The van der Waals surface area contributed by atoms with Gasteiger partial charge in [-0.2, -0.15) is 0 Å². The Kier molecular flexibility index (Phi) is 5.95. The predicted molar refractivity (Wildman–Crippen MR) is 78.4 cm³/mol. The van der Waals surface area contributed by atoms with Crippen LogP contribution in [0.2, 0.25) is 0 Å². The minimum Gasteiger partial charge on any atom is -0.493 e. The second-order valence-electron chi connectivity index (χ2n) is 4.38. The van der Waals surface area contributed by atoms with Gasteiger partial charge in [-0.1, -0.05) is 0 Å². The van der Waals surface area contributed by atoms with Gasteiger partial charge in [0, 0.05) is 24.5 Å². The van der Waals surface area contributed by atoms with Gasteiger partial charge in [-0.3, -0.25) is 4.79 Å². The van der Waals surface area contributed by atoms with E-state index in [4.69, 9.17) is 25.8 Å². The molecule has 6 heteroatoms. The number of methoxy groups -OCH3 is 3. The number of benzene rings is 1. The number of amides is 1. The van der Waals surface area contributed by atoms with E-state index in [0.29, 0.717) is 29.4 Å². The molecule has 0 aliphatic heterocycles. The molecular weight excluding hydrogens is 282 g/mol. The highest BCUT2D eigenvalue weighted by Gasteiger charge is 2.19. The Balaban J connectivity index is 3.15. The smallest absolute Gasteiger partial charge is 0.253 e. The molecule has 0 heterocycles. The van der Waals surface area contributed by atoms with Crippen LogP contribution in [0, 0.1) is 0 Å². The molecule has 0 radical (unpaired) electrons. The molecule has 1 atom stereocenters. The first-order valence-corrected chi connectivity index (χ1v) is 6.57. The molecular formula is C14H20ClNO4. The largest absolute Gasteiger partial charge is 0.493 e. The number of alkyl halides is 1. The van der Waals surface area contributed by atoms with E-state index in [9.17, 15) is 4.79 Å². The number of rotatable bonds is 6. The fraction of sp³-hybridized carbons (Fsp3) is 0.500. The summed E-state index contributed by atoms with van der Waals surface area (Å²) < 4.78 is 15.7. The molecule has 1 rings (SSSR count). The molecule has 0 aromatic heterocycles. The first-order valence-electron chi connectivity index (χ1n) is 6.14.